The molecule has 4 heteroatoms. The summed E-state index contributed by atoms with van der Waals surface area (Å²) in [5.74, 6) is 0.0233. The Kier molecular flexibility index (Phi) is 6.97. The number of aliphatic hydroxyl groups excluding tert-OH is 1. The number of carbonyl (C=O) groups is 1. The third-order valence-electron chi connectivity index (χ3n) is 2.98. The highest BCUT2D eigenvalue weighted by Gasteiger charge is 2.16. The van der Waals surface area contributed by atoms with Crippen molar-refractivity contribution in [3.8, 4) is 0 Å². The van der Waals surface area contributed by atoms with Crippen molar-refractivity contribution in [3.05, 3.63) is 29.8 Å². The maximum Gasteiger partial charge on any atom is 0.255 e. The zero-order valence-corrected chi connectivity index (χ0v) is 11.9. The summed E-state index contributed by atoms with van der Waals surface area (Å²) in [5, 5.41) is 12.2. The van der Waals surface area contributed by atoms with Gasteiger partial charge in [0.1, 0.15) is 0 Å². The number of aliphatic hydroxyl groups is 1. The van der Waals surface area contributed by atoms with E-state index >= 15 is 0 Å². The van der Waals surface area contributed by atoms with Gasteiger partial charge in [0, 0.05) is 31.9 Å². The summed E-state index contributed by atoms with van der Waals surface area (Å²) in [6, 6.07) is 7.59. The van der Waals surface area contributed by atoms with E-state index in [1.165, 1.54) is 0 Å². The first-order chi connectivity index (χ1) is 9.24. The average molecular weight is 264 g/mol. The van der Waals surface area contributed by atoms with Gasteiger partial charge in [0.25, 0.3) is 5.91 Å². The number of hydrogen-bond acceptors (Lipinski definition) is 3. The summed E-state index contributed by atoms with van der Waals surface area (Å²) in [7, 11) is 0. The van der Waals surface area contributed by atoms with E-state index in [0.717, 1.165) is 18.7 Å². The Balaban J connectivity index is 2.84. The van der Waals surface area contributed by atoms with Crippen molar-refractivity contribution < 1.29 is 9.90 Å². The van der Waals surface area contributed by atoms with Crippen molar-refractivity contribution in [2.75, 3.05) is 31.6 Å². The molecule has 0 fully saturated rings. The Hall–Kier alpha value is -1.55. The smallest absolute Gasteiger partial charge is 0.255 e. The van der Waals surface area contributed by atoms with Gasteiger partial charge in [-0.2, -0.15) is 0 Å². The maximum atomic E-state index is 12.5. The molecule has 1 amide bonds. The van der Waals surface area contributed by atoms with Crippen LogP contribution in [0.2, 0.25) is 0 Å². The van der Waals surface area contributed by atoms with Gasteiger partial charge in [-0.1, -0.05) is 19.1 Å². The molecule has 1 rings (SSSR count). The van der Waals surface area contributed by atoms with Crippen LogP contribution in [-0.4, -0.2) is 42.2 Å². The van der Waals surface area contributed by atoms with Crippen LogP contribution in [0.4, 0.5) is 5.69 Å². The van der Waals surface area contributed by atoms with E-state index in [2.05, 4.69) is 12.2 Å². The van der Waals surface area contributed by atoms with Crippen LogP contribution >= 0.6 is 0 Å². The molecule has 0 aliphatic rings. The van der Waals surface area contributed by atoms with E-state index in [-0.39, 0.29) is 12.5 Å². The fraction of sp³-hybridized carbons (Fsp3) is 0.533. The molecule has 19 heavy (non-hydrogen) atoms. The van der Waals surface area contributed by atoms with Crippen LogP contribution in [0.1, 0.15) is 37.0 Å². The van der Waals surface area contributed by atoms with Gasteiger partial charge < -0.3 is 15.3 Å². The zero-order chi connectivity index (χ0) is 14.1. The predicted molar refractivity (Wildman–Crippen MR) is 78.5 cm³/mol. The number of nitrogens with zero attached hydrogens (tertiary/aromatic N) is 1. The molecule has 1 aromatic carbocycles. The Labute approximate surface area is 115 Å². The number of hydrogen-bond donors (Lipinski definition) is 2. The Morgan fingerprint density at radius 1 is 1.32 bits per heavy atom. The number of anilines is 1. The minimum Gasteiger partial charge on any atom is -0.396 e. The fourth-order valence-electron chi connectivity index (χ4n) is 1.92. The van der Waals surface area contributed by atoms with Crippen LogP contribution in [0, 0.1) is 0 Å². The number of carbonyl (C=O) groups excluding carboxylic acids is 1. The summed E-state index contributed by atoms with van der Waals surface area (Å²) in [4.78, 5) is 14.2. The predicted octanol–water partition coefficient (Wildman–Crippen LogP) is 2.35. The van der Waals surface area contributed by atoms with Crippen LogP contribution in [-0.2, 0) is 0 Å². The fourth-order valence-corrected chi connectivity index (χ4v) is 1.92. The monoisotopic (exact) mass is 264 g/mol. The third-order valence-corrected chi connectivity index (χ3v) is 2.98. The maximum absolute atomic E-state index is 12.5. The zero-order valence-electron chi connectivity index (χ0n) is 11.9. The van der Waals surface area contributed by atoms with Gasteiger partial charge in [-0.05, 0) is 31.9 Å². The minimum atomic E-state index is 0.0233. The molecule has 0 atom stereocenters. The second-order valence-electron chi connectivity index (χ2n) is 4.43. The summed E-state index contributed by atoms with van der Waals surface area (Å²) >= 11 is 0. The number of rotatable bonds is 8. The molecule has 0 spiro atoms. The van der Waals surface area contributed by atoms with Crippen LogP contribution in [0.25, 0.3) is 0 Å². The van der Waals surface area contributed by atoms with Crippen LogP contribution in [0.3, 0.4) is 0 Å². The first-order valence-corrected chi connectivity index (χ1v) is 6.97. The first kappa shape index (κ1) is 15.5. The van der Waals surface area contributed by atoms with E-state index in [4.69, 9.17) is 5.11 Å². The van der Waals surface area contributed by atoms with Crippen molar-refractivity contribution in [1.82, 2.24) is 4.90 Å². The second kappa shape index (κ2) is 8.53. The third kappa shape index (κ3) is 4.56. The van der Waals surface area contributed by atoms with Gasteiger partial charge in [0.05, 0.1) is 5.56 Å². The van der Waals surface area contributed by atoms with Crippen LogP contribution < -0.4 is 5.32 Å². The molecule has 0 heterocycles. The van der Waals surface area contributed by atoms with Gasteiger partial charge >= 0.3 is 0 Å². The summed E-state index contributed by atoms with van der Waals surface area (Å²) in [6.07, 6.45) is 1.63. The minimum absolute atomic E-state index is 0.0233. The molecular formula is C15H24N2O2. The molecule has 0 unspecified atom stereocenters. The van der Waals surface area contributed by atoms with Crippen molar-refractivity contribution in [1.29, 1.82) is 0 Å². The number of nitrogens with one attached hydrogen (secondary N) is 1. The Bertz CT molecular complexity index is 393. The van der Waals surface area contributed by atoms with Crippen molar-refractivity contribution >= 4 is 11.6 Å². The Morgan fingerprint density at radius 3 is 2.68 bits per heavy atom. The molecule has 106 valence electrons. The molecule has 0 saturated heterocycles. The van der Waals surface area contributed by atoms with Gasteiger partial charge in [-0.25, -0.2) is 0 Å². The van der Waals surface area contributed by atoms with Crippen LogP contribution in [0.15, 0.2) is 24.3 Å². The van der Waals surface area contributed by atoms with E-state index in [0.29, 0.717) is 25.1 Å². The summed E-state index contributed by atoms with van der Waals surface area (Å²) in [5.41, 5.74) is 1.59. The SMILES string of the molecule is CCCNc1ccccc1C(=O)N(CC)CCCO. The topological polar surface area (TPSA) is 52.6 Å². The highest BCUT2D eigenvalue weighted by Crippen LogP contribution is 2.17. The lowest BCUT2D eigenvalue weighted by Gasteiger charge is -2.22. The number of benzene rings is 1. The molecule has 0 saturated carbocycles. The van der Waals surface area contributed by atoms with Crippen molar-refractivity contribution in [3.63, 3.8) is 0 Å². The van der Waals surface area contributed by atoms with E-state index in [1.54, 1.807) is 4.90 Å². The lowest BCUT2D eigenvalue weighted by molar-refractivity contribution is 0.0755. The highest BCUT2D eigenvalue weighted by molar-refractivity contribution is 5.99. The number of para-hydroxylation sites is 1. The van der Waals surface area contributed by atoms with Gasteiger partial charge in [-0.3, -0.25) is 4.79 Å². The lowest BCUT2D eigenvalue weighted by atomic mass is 10.1. The average Bonchev–Trinajstić information content (AvgIpc) is 2.46. The molecule has 0 radical (unpaired) electrons. The van der Waals surface area contributed by atoms with E-state index in [1.807, 2.05) is 31.2 Å². The molecule has 0 aliphatic carbocycles. The molecule has 0 bridgehead atoms. The second-order valence-corrected chi connectivity index (χ2v) is 4.43. The Morgan fingerprint density at radius 2 is 2.05 bits per heavy atom. The summed E-state index contributed by atoms with van der Waals surface area (Å²) in [6.45, 7) is 6.26. The van der Waals surface area contributed by atoms with Gasteiger partial charge in [0.15, 0.2) is 0 Å². The number of amides is 1. The molecule has 0 aliphatic heterocycles. The lowest BCUT2D eigenvalue weighted by Crippen LogP contribution is -2.32. The molecule has 2 N–H and O–H groups in total. The van der Waals surface area contributed by atoms with Crippen molar-refractivity contribution in [2.45, 2.75) is 26.7 Å². The van der Waals surface area contributed by atoms with Crippen molar-refractivity contribution in [2.24, 2.45) is 0 Å². The van der Waals surface area contributed by atoms with E-state index in [9.17, 15) is 4.79 Å². The molecule has 4 nitrogen and oxygen atoms in total. The first-order valence-electron chi connectivity index (χ1n) is 6.97. The molecule has 0 aromatic heterocycles. The normalized spacial score (nSPS) is 10.3. The van der Waals surface area contributed by atoms with E-state index < -0.39 is 0 Å². The molecular weight excluding hydrogens is 240 g/mol. The highest BCUT2D eigenvalue weighted by atomic mass is 16.3. The van der Waals surface area contributed by atoms with Gasteiger partial charge in [0.2, 0.25) is 0 Å². The quantitative estimate of drug-likeness (QED) is 0.758. The molecule has 1 aromatic rings. The standard InChI is InChI=1S/C15H24N2O2/c1-3-10-16-14-9-6-5-8-13(14)15(19)17(4-2)11-7-12-18/h5-6,8-9,16,18H,3-4,7,10-12H2,1-2H3. The van der Waals surface area contributed by atoms with Crippen LogP contribution in [0.5, 0.6) is 0 Å². The van der Waals surface area contributed by atoms with Gasteiger partial charge in [-0.15, -0.1) is 0 Å². The largest absolute Gasteiger partial charge is 0.396 e. The summed E-state index contributed by atoms with van der Waals surface area (Å²) < 4.78 is 0.